The average Bonchev–Trinajstić information content (AvgIpc) is 2.91. The van der Waals surface area contributed by atoms with Gasteiger partial charge in [-0.2, -0.15) is 0 Å². The molecule has 0 aliphatic heterocycles. The van der Waals surface area contributed by atoms with Crippen LogP contribution in [0.4, 0.5) is 5.13 Å². The second kappa shape index (κ2) is 8.18. The van der Waals surface area contributed by atoms with Crippen LogP contribution in [0.15, 0.2) is 5.38 Å². The van der Waals surface area contributed by atoms with Gasteiger partial charge >= 0.3 is 5.97 Å². The van der Waals surface area contributed by atoms with Crippen LogP contribution in [0.3, 0.4) is 0 Å². The fourth-order valence-electron chi connectivity index (χ4n) is 2.03. The van der Waals surface area contributed by atoms with E-state index in [0.29, 0.717) is 18.3 Å². The van der Waals surface area contributed by atoms with Crippen molar-refractivity contribution in [2.24, 2.45) is 5.73 Å². The zero-order valence-corrected chi connectivity index (χ0v) is 13.0. The number of nitrogens with two attached hydrogens (primary N) is 1. The number of hydrogen-bond acceptors (Lipinski definition) is 6. The summed E-state index contributed by atoms with van der Waals surface area (Å²) in [5.41, 5.74) is 6.00. The molecule has 0 aromatic carbocycles. The van der Waals surface area contributed by atoms with Gasteiger partial charge in [-0.3, -0.25) is 4.79 Å². The first-order chi connectivity index (χ1) is 9.54. The standard InChI is InChI=1S/C13H23N3O3S/c1-4-9(5-2)16(6-7-19-3)13-15-10(8-20-13)11(14)12(17)18/h8-9,11H,4-7,14H2,1-3H3,(H,17,18). The molecule has 0 aliphatic rings. The van der Waals surface area contributed by atoms with Crippen molar-refractivity contribution in [3.63, 3.8) is 0 Å². The van der Waals surface area contributed by atoms with Crippen LogP contribution in [-0.2, 0) is 9.53 Å². The zero-order chi connectivity index (χ0) is 15.1. The maximum absolute atomic E-state index is 10.9. The maximum atomic E-state index is 10.9. The smallest absolute Gasteiger partial charge is 0.326 e. The van der Waals surface area contributed by atoms with E-state index in [1.54, 1.807) is 12.5 Å². The summed E-state index contributed by atoms with van der Waals surface area (Å²) in [7, 11) is 1.67. The molecule has 7 heteroatoms. The van der Waals surface area contributed by atoms with Crippen LogP contribution >= 0.6 is 11.3 Å². The van der Waals surface area contributed by atoms with Crippen LogP contribution in [0.25, 0.3) is 0 Å². The van der Waals surface area contributed by atoms with Gasteiger partial charge in [0, 0.05) is 25.1 Å². The number of thiazole rings is 1. The van der Waals surface area contributed by atoms with Gasteiger partial charge in [-0.15, -0.1) is 11.3 Å². The van der Waals surface area contributed by atoms with E-state index < -0.39 is 12.0 Å². The number of carboxylic acid groups (broad SMARTS) is 1. The summed E-state index contributed by atoms with van der Waals surface area (Å²) in [5.74, 6) is -1.06. The number of rotatable bonds is 9. The SMILES string of the molecule is CCC(CC)N(CCOC)c1nc(C(N)C(=O)O)cs1. The Morgan fingerprint density at radius 3 is 2.70 bits per heavy atom. The second-order valence-corrected chi connectivity index (χ2v) is 5.36. The van der Waals surface area contributed by atoms with Crippen LogP contribution in [0.5, 0.6) is 0 Å². The van der Waals surface area contributed by atoms with Gasteiger partial charge in [-0.1, -0.05) is 13.8 Å². The van der Waals surface area contributed by atoms with E-state index >= 15 is 0 Å². The highest BCUT2D eigenvalue weighted by molar-refractivity contribution is 7.13. The van der Waals surface area contributed by atoms with E-state index in [9.17, 15) is 4.79 Å². The number of methoxy groups -OCH3 is 1. The van der Waals surface area contributed by atoms with Gasteiger partial charge < -0.3 is 20.5 Å². The van der Waals surface area contributed by atoms with Crippen LogP contribution in [-0.4, -0.2) is 42.4 Å². The van der Waals surface area contributed by atoms with Gasteiger partial charge in [-0.05, 0) is 12.8 Å². The average molecular weight is 301 g/mol. The molecule has 3 N–H and O–H groups in total. The third kappa shape index (κ3) is 4.16. The summed E-state index contributed by atoms with van der Waals surface area (Å²) in [6, 6.07) is -0.698. The topological polar surface area (TPSA) is 88.7 Å². The Balaban J connectivity index is 2.93. The van der Waals surface area contributed by atoms with Crippen molar-refractivity contribution in [1.82, 2.24) is 4.98 Å². The first-order valence-corrected chi connectivity index (χ1v) is 7.62. The lowest BCUT2D eigenvalue weighted by atomic mass is 10.1. The minimum Gasteiger partial charge on any atom is -0.480 e. The van der Waals surface area contributed by atoms with E-state index in [1.807, 2.05) is 0 Å². The molecule has 0 aliphatic carbocycles. The molecule has 1 aromatic heterocycles. The normalized spacial score (nSPS) is 12.7. The lowest BCUT2D eigenvalue weighted by Gasteiger charge is -2.30. The van der Waals surface area contributed by atoms with Gasteiger partial charge in [0.1, 0.15) is 6.04 Å². The molecule has 0 bridgehead atoms. The lowest BCUT2D eigenvalue weighted by molar-refractivity contribution is -0.138. The quantitative estimate of drug-likeness (QED) is 0.724. The zero-order valence-electron chi connectivity index (χ0n) is 12.2. The molecular formula is C13H23N3O3S. The maximum Gasteiger partial charge on any atom is 0.326 e. The summed E-state index contributed by atoms with van der Waals surface area (Å²) in [6.07, 6.45) is 2.00. The molecule has 1 aromatic rings. The van der Waals surface area contributed by atoms with E-state index in [0.717, 1.165) is 24.5 Å². The first-order valence-electron chi connectivity index (χ1n) is 6.74. The number of aliphatic carboxylic acids is 1. The molecule has 0 amide bonds. The van der Waals surface area contributed by atoms with Gasteiger partial charge in [0.05, 0.1) is 12.3 Å². The number of nitrogens with zero attached hydrogens (tertiary/aromatic N) is 2. The number of carbonyl (C=O) groups is 1. The molecule has 1 unspecified atom stereocenters. The molecule has 0 radical (unpaired) electrons. The Bertz CT molecular complexity index is 421. The Hall–Kier alpha value is -1.18. The van der Waals surface area contributed by atoms with E-state index in [-0.39, 0.29) is 0 Å². The van der Waals surface area contributed by atoms with Gasteiger partial charge in [0.2, 0.25) is 0 Å². The van der Waals surface area contributed by atoms with Gasteiger partial charge in [-0.25, -0.2) is 4.98 Å². The minimum absolute atomic E-state index is 0.366. The third-order valence-electron chi connectivity index (χ3n) is 3.26. The van der Waals surface area contributed by atoms with Crippen molar-refractivity contribution >= 4 is 22.4 Å². The molecule has 1 rings (SSSR count). The predicted molar refractivity (Wildman–Crippen MR) is 80.3 cm³/mol. The van der Waals surface area contributed by atoms with Crippen molar-refractivity contribution in [2.75, 3.05) is 25.2 Å². The van der Waals surface area contributed by atoms with E-state index in [1.165, 1.54) is 11.3 Å². The fourth-order valence-corrected chi connectivity index (χ4v) is 2.99. The van der Waals surface area contributed by atoms with E-state index in [4.69, 9.17) is 15.6 Å². The molecule has 0 saturated heterocycles. The summed E-state index contributed by atoms with van der Waals surface area (Å²) < 4.78 is 5.14. The third-order valence-corrected chi connectivity index (χ3v) is 4.16. The molecule has 1 heterocycles. The molecule has 114 valence electrons. The van der Waals surface area contributed by atoms with Gasteiger partial charge in [0.15, 0.2) is 5.13 Å². The van der Waals surface area contributed by atoms with E-state index in [2.05, 4.69) is 23.7 Å². The molecule has 0 saturated carbocycles. The first kappa shape index (κ1) is 16.9. The highest BCUT2D eigenvalue weighted by Gasteiger charge is 2.22. The van der Waals surface area contributed by atoms with Crippen molar-refractivity contribution in [2.45, 2.75) is 38.8 Å². The number of hydrogen-bond donors (Lipinski definition) is 2. The Morgan fingerprint density at radius 1 is 1.55 bits per heavy atom. The molecule has 0 fully saturated rings. The van der Waals surface area contributed by atoms with Crippen LogP contribution < -0.4 is 10.6 Å². The van der Waals surface area contributed by atoms with Crippen molar-refractivity contribution in [3.05, 3.63) is 11.1 Å². The minimum atomic E-state index is -1.06. The summed E-state index contributed by atoms with van der Waals surface area (Å²) in [5, 5.41) is 11.5. The molecule has 6 nitrogen and oxygen atoms in total. The number of aromatic nitrogens is 1. The van der Waals surface area contributed by atoms with Crippen LogP contribution in [0, 0.1) is 0 Å². The largest absolute Gasteiger partial charge is 0.480 e. The number of anilines is 1. The number of carboxylic acids is 1. The Labute approximate surface area is 123 Å². The molecule has 1 atom stereocenters. The molecule has 0 spiro atoms. The molecule has 20 heavy (non-hydrogen) atoms. The van der Waals surface area contributed by atoms with Crippen LogP contribution in [0.1, 0.15) is 38.4 Å². The van der Waals surface area contributed by atoms with Crippen molar-refractivity contribution in [3.8, 4) is 0 Å². The highest BCUT2D eigenvalue weighted by atomic mass is 32.1. The van der Waals surface area contributed by atoms with Crippen molar-refractivity contribution < 1.29 is 14.6 Å². The van der Waals surface area contributed by atoms with Crippen molar-refractivity contribution in [1.29, 1.82) is 0 Å². The monoisotopic (exact) mass is 301 g/mol. The summed E-state index contributed by atoms with van der Waals surface area (Å²) in [4.78, 5) is 17.5. The lowest BCUT2D eigenvalue weighted by Crippen LogP contribution is -2.37. The summed E-state index contributed by atoms with van der Waals surface area (Å²) in [6.45, 7) is 5.60. The second-order valence-electron chi connectivity index (χ2n) is 4.53. The Kier molecular flexibility index (Phi) is 6.90. The Morgan fingerprint density at radius 2 is 2.20 bits per heavy atom. The van der Waals surface area contributed by atoms with Crippen LogP contribution in [0.2, 0.25) is 0 Å². The predicted octanol–water partition coefficient (Wildman–Crippen LogP) is 1.87. The fraction of sp³-hybridized carbons (Fsp3) is 0.692. The summed E-state index contributed by atoms with van der Waals surface area (Å²) >= 11 is 1.43. The number of ether oxygens (including phenoxy) is 1. The molecular weight excluding hydrogens is 278 g/mol. The highest BCUT2D eigenvalue weighted by Crippen LogP contribution is 2.26. The van der Waals surface area contributed by atoms with Gasteiger partial charge in [0.25, 0.3) is 0 Å².